The summed E-state index contributed by atoms with van der Waals surface area (Å²) in [7, 11) is 0. The molecule has 0 spiro atoms. The first-order valence-electron chi connectivity index (χ1n) is 7.06. The Morgan fingerprint density at radius 1 is 1.57 bits per heavy atom. The van der Waals surface area contributed by atoms with Crippen LogP contribution in [0, 0.1) is 0 Å². The Bertz CT molecular complexity index is 540. The fourth-order valence-corrected chi connectivity index (χ4v) is 2.91. The zero-order valence-corrected chi connectivity index (χ0v) is 13.5. The average molecular weight is 314 g/mol. The van der Waals surface area contributed by atoms with E-state index in [1.165, 1.54) is 11.8 Å². The number of carbonyl (C=O) groups is 1. The van der Waals surface area contributed by atoms with Crippen LogP contribution in [0.2, 0.25) is 0 Å². The molecule has 2 rings (SSSR count). The minimum Gasteiger partial charge on any atom is -0.376 e. The number of hydrogen-bond acceptors (Lipinski definition) is 5. The van der Waals surface area contributed by atoms with Crippen molar-refractivity contribution in [2.24, 2.45) is 0 Å². The largest absolute Gasteiger partial charge is 0.376 e. The molecular formula is C13H22N4O3S. The van der Waals surface area contributed by atoms with E-state index in [0.29, 0.717) is 11.7 Å². The molecule has 2 heterocycles. The number of hydrogen-bond donors (Lipinski definition) is 2. The van der Waals surface area contributed by atoms with E-state index in [1.807, 2.05) is 20.8 Å². The van der Waals surface area contributed by atoms with Gasteiger partial charge >= 0.3 is 5.69 Å². The van der Waals surface area contributed by atoms with Gasteiger partial charge in [-0.2, -0.15) is 0 Å². The number of thioether (sulfide) groups is 1. The summed E-state index contributed by atoms with van der Waals surface area (Å²) in [4.78, 5) is 23.6. The van der Waals surface area contributed by atoms with Gasteiger partial charge < -0.3 is 10.1 Å². The van der Waals surface area contributed by atoms with E-state index in [2.05, 4.69) is 15.5 Å². The second-order valence-corrected chi connectivity index (χ2v) is 7.09. The molecule has 1 fully saturated rings. The van der Waals surface area contributed by atoms with Gasteiger partial charge in [0.15, 0.2) is 5.16 Å². The third-order valence-electron chi connectivity index (χ3n) is 2.98. The molecule has 1 saturated heterocycles. The standard InChI is InChI=1S/C13H22N4O3S/c1-13(2,3)14-10(18)8-21-12-16-15-11(19)17(12)7-9-5-4-6-20-9/h9H,4-8H2,1-3H3,(H,14,18)(H,15,19)/t9-/m1/s1. The van der Waals surface area contributed by atoms with Crippen LogP contribution in [0.4, 0.5) is 0 Å². The fraction of sp³-hybridized carbons (Fsp3) is 0.769. The molecule has 118 valence electrons. The van der Waals surface area contributed by atoms with Gasteiger partial charge in [0.25, 0.3) is 0 Å². The topological polar surface area (TPSA) is 89.0 Å². The number of rotatable bonds is 5. The number of nitrogens with zero attached hydrogens (tertiary/aromatic N) is 2. The molecule has 0 saturated carbocycles. The van der Waals surface area contributed by atoms with Crippen molar-refractivity contribution >= 4 is 17.7 Å². The third kappa shape index (κ3) is 4.89. The molecule has 8 heteroatoms. The number of aromatic nitrogens is 3. The molecule has 0 radical (unpaired) electrons. The van der Waals surface area contributed by atoms with Crippen LogP contribution in [0.25, 0.3) is 0 Å². The maximum atomic E-state index is 11.8. The van der Waals surface area contributed by atoms with E-state index < -0.39 is 0 Å². The second kappa shape index (κ2) is 6.65. The molecule has 0 aliphatic carbocycles. The molecule has 21 heavy (non-hydrogen) atoms. The molecule has 0 bridgehead atoms. The highest BCUT2D eigenvalue weighted by Gasteiger charge is 2.20. The Labute approximate surface area is 127 Å². The summed E-state index contributed by atoms with van der Waals surface area (Å²) < 4.78 is 7.08. The highest BCUT2D eigenvalue weighted by Crippen LogP contribution is 2.18. The summed E-state index contributed by atoms with van der Waals surface area (Å²) in [6, 6.07) is 0. The first kappa shape index (κ1) is 16.1. The Hall–Kier alpha value is -1.28. The fourth-order valence-electron chi connectivity index (χ4n) is 2.15. The number of nitrogens with one attached hydrogen (secondary N) is 2. The van der Waals surface area contributed by atoms with Crippen LogP contribution in [0.1, 0.15) is 33.6 Å². The SMILES string of the molecule is CC(C)(C)NC(=O)CSc1n[nH]c(=O)n1C[C@H]1CCCO1. The highest BCUT2D eigenvalue weighted by molar-refractivity contribution is 7.99. The van der Waals surface area contributed by atoms with Crippen molar-refractivity contribution in [2.45, 2.75) is 57.0 Å². The van der Waals surface area contributed by atoms with Crippen molar-refractivity contribution in [3.8, 4) is 0 Å². The lowest BCUT2D eigenvalue weighted by molar-refractivity contribution is -0.119. The van der Waals surface area contributed by atoms with Gasteiger partial charge in [-0.1, -0.05) is 11.8 Å². The van der Waals surface area contributed by atoms with Crippen molar-refractivity contribution in [2.75, 3.05) is 12.4 Å². The Morgan fingerprint density at radius 2 is 2.33 bits per heavy atom. The van der Waals surface area contributed by atoms with E-state index in [-0.39, 0.29) is 29.0 Å². The van der Waals surface area contributed by atoms with Crippen LogP contribution in [0.3, 0.4) is 0 Å². The summed E-state index contributed by atoms with van der Waals surface area (Å²) in [5.74, 6) is 0.152. The molecule has 0 aromatic carbocycles. The van der Waals surface area contributed by atoms with Gasteiger partial charge in [-0.05, 0) is 33.6 Å². The minimum absolute atomic E-state index is 0.0584. The molecule has 1 aromatic rings. The third-order valence-corrected chi connectivity index (χ3v) is 3.96. The van der Waals surface area contributed by atoms with E-state index >= 15 is 0 Å². The quantitative estimate of drug-likeness (QED) is 0.783. The normalized spacial score (nSPS) is 18.9. The van der Waals surface area contributed by atoms with Gasteiger partial charge in [0.05, 0.1) is 18.4 Å². The van der Waals surface area contributed by atoms with E-state index in [0.717, 1.165) is 19.4 Å². The van der Waals surface area contributed by atoms with Gasteiger partial charge in [0, 0.05) is 12.1 Å². The van der Waals surface area contributed by atoms with Gasteiger partial charge in [-0.15, -0.1) is 5.10 Å². The molecule has 1 aliphatic rings. The predicted molar refractivity (Wildman–Crippen MR) is 80.4 cm³/mol. The van der Waals surface area contributed by atoms with E-state index in [4.69, 9.17) is 4.74 Å². The number of carbonyl (C=O) groups excluding carboxylic acids is 1. The van der Waals surface area contributed by atoms with Gasteiger partial charge in [0.2, 0.25) is 5.91 Å². The van der Waals surface area contributed by atoms with E-state index in [1.54, 1.807) is 4.57 Å². The minimum atomic E-state index is -0.263. The summed E-state index contributed by atoms with van der Waals surface area (Å²) in [6.45, 7) is 7.01. The molecular weight excluding hydrogens is 292 g/mol. The summed E-state index contributed by atoms with van der Waals surface area (Å²) in [5.41, 5.74) is -0.523. The Balaban J connectivity index is 1.94. The lowest BCUT2D eigenvalue weighted by Gasteiger charge is -2.20. The van der Waals surface area contributed by atoms with Crippen LogP contribution in [0.5, 0.6) is 0 Å². The zero-order valence-electron chi connectivity index (χ0n) is 12.6. The van der Waals surface area contributed by atoms with Crippen molar-refractivity contribution in [3.63, 3.8) is 0 Å². The number of H-pyrrole nitrogens is 1. The van der Waals surface area contributed by atoms with Crippen molar-refractivity contribution in [1.29, 1.82) is 0 Å². The van der Waals surface area contributed by atoms with Crippen molar-refractivity contribution in [3.05, 3.63) is 10.5 Å². The zero-order chi connectivity index (χ0) is 15.5. The Kier molecular flexibility index (Phi) is 5.10. The lowest BCUT2D eigenvalue weighted by atomic mass is 10.1. The monoisotopic (exact) mass is 314 g/mol. The number of ether oxygens (including phenoxy) is 1. The number of amides is 1. The predicted octanol–water partition coefficient (Wildman–Crippen LogP) is 0.757. The second-order valence-electron chi connectivity index (χ2n) is 6.14. The summed E-state index contributed by atoms with van der Waals surface area (Å²) in [5, 5.41) is 9.82. The molecule has 1 aliphatic heterocycles. The van der Waals surface area contributed by atoms with Gasteiger partial charge in [0.1, 0.15) is 0 Å². The molecule has 2 N–H and O–H groups in total. The molecule has 1 atom stereocenters. The molecule has 1 aromatic heterocycles. The van der Waals surface area contributed by atoms with Crippen molar-refractivity contribution in [1.82, 2.24) is 20.1 Å². The van der Waals surface area contributed by atoms with Crippen LogP contribution >= 0.6 is 11.8 Å². The lowest BCUT2D eigenvalue weighted by Crippen LogP contribution is -2.41. The van der Waals surface area contributed by atoms with E-state index in [9.17, 15) is 9.59 Å². The number of aromatic amines is 1. The van der Waals surface area contributed by atoms with Crippen LogP contribution in [-0.4, -0.2) is 44.7 Å². The molecule has 7 nitrogen and oxygen atoms in total. The van der Waals surface area contributed by atoms with Crippen molar-refractivity contribution < 1.29 is 9.53 Å². The van der Waals surface area contributed by atoms with Gasteiger partial charge in [-0.25, -0.2) is 9.89 Å². The van der Waals surface area contributed by atoms with Crippen LogP contribution < -0.4 is 11.0 Å². The summed E-state index contributed by atoms with van der Waals surface area (Å²) >= 11 is 1.25. The van der Waals surface area contributed by atoms with Crippen LogP contribution in [-0.2, 0) is 16.1 Å². The van der Waals surface area contributed by atoms with Gasteiger partial charge in [-0.3, -0.25) is 9.36 Å². The summed E-state index contributed by atoms with van der Waals surface area (Å²) in [6.07, 6.45) is 2.03. The highest BCUT2D eigenvalue weighted by atomic mass is 32.2. The molecule has 0 unspecified atom stereocenters. The van der Waals surface area contributed by atoms with Crippen LogP contribution in [0.15, 0.2) is 9.95 Å². The maximum absolute atomic E-state index is 11.8. The smallest absolute Gasteiger partial charge is 0.344 e. The maximum Gasteiger partial charge on any atom is 0.344 e. The average Bonchev–Trinajstić information content (AvgIpc) is 2.97. The first-order chi connectivity index (χ1) is 9.85. The Morgan fingerprint density at radius 3 is 2.95 bits per heavy atom. The molecule has 1 amide bonds. The first-order valence-corrected chi connectivity index (χ1v) is 8.04.